The maximum absolute atomic E-state index is 12.1. The molecule has 108 valence electrons. The number of aliphatic carboxylic acids is 1. The van der Waals surface area contributed by atoms with Gasteiger partial charge in [0.1, 0.15) is 6.04 Å². The van der Waals surface area contributed by atoms with Crippen LogP contribution in [0.3, 0.4) is 0 Å². The first-order chi connectivity index (χ1) is 9.66. The lowest BCUT2D eigenvalue weighted by atomic mass is 10.0. The van der Waals surface area contributed by atoms with E-state index in [1.54, 1.807) is 0 Å². The van der Waals surface area contributed by atoms with Crippen LogP contribution in [-0.4, -0.2) is 35.6 Å². The molecule has 0 aliphatic carbocycles. The van der Waals surface area contributed by atoms with Crippen molar-refractivity contribution in [1.82, 2.24) is 10.6 Å². The van der Waals surface area contributed by atoms with E-state index < -0.39 is 12.0 Å². The van der Waals surface area contributed by atoms with Gasteiger partial charge < -0.3 is 15.7 Å². The van der Waals surface area contributed by atoms with Gasteiger partial charge in [-0.25, -0.2) is 4.79 Å². The third-order valence-corrected chi connectivity index (χ3v) is 3.52. The van der Waals surface area contributed by atoms with E-state index in [1.807, 2.05) is 30.3 Å². The van der Waals surface area contributed by atoms with Crippen LogP contribution in [0.1, 0.15) is 24.8 Å². The number of carboxylic acid groups (broad SMARTS) is 1. The smallest absolute Gasteiger partial charge is 0.326 e. The number of amides is 1. The van der Waals surface area contributed by atoms with Crippen LogP contribution in [0.5, 0.6) is 0 Å². The summed E-state index contributed by atoms with van der Waals surface area (Å²) in [5.74, 6) is -1.22. The monoisotopic (exact) mass is 276 g/mol. The number of piperidine rings is 1. The molecule has 0 radical (unpaired) electrons. The van der Waals surface area contributed by atoms with E-state index in [0.717, 1.165) is 31.4 Å². The van der Waals surface area contributed by atoms with Gasteiger partial charge in [0.05, 0.1) is 6.04 Å². The van der Waals surface area contributed by atoms with Gasteiger partial charge in [-0.05, 0) is 24.9 Å². The van der Waals surface area contributed by atoms with Gasteiger partial charge in [0.15, 0.2) is 0 Å². The van der Waals surface area contributed by atoms with Crippen molar-refractivity contribution in [1.29, 1.82) is 0 Å². The van der Waals surface area contributed by atoms with Crippen LogP contribution in [0.4, 0.5) is 0 Å². The second-order valence-corrected chi connectivity index (χ2v) is 5.09. The number of carbonyl (C=O) groups is 2. The molecular formula is C15H20N2O3. The lowest BCUT2D eigenvalue weighted by molar-refractivity contribution is -0.142. The summed E-state index contributed by atoms with van der Waals surface area (Å²) >= 11 is 0. The number of carbonyl (C=O) groups excluding carboxylic acids is 1. The molecular weight excluding hydrogens is 256 g/mol. The summed E-state index contributed by atoms with van der Waals surface area (Å²) < 4.78 is 0. The molecule has 5 nitrogen and oxygen atoms in total. The molecule has 1 aromatic carbocycles. The molecule has 0 aromatic heterocycles. The Balaban J connectivity index is 1.95. The van der Waals surface area contributed by atoms with Crippen molar-refractivity contribution in [3.8, 4) is 0 Å². The van der Waals surface area contributed by atoms with Crippen LogP contribution in [0.2, 0.25) is 0 Å². The Morgan fingerprint density at radius 2 is 2.05 bits per heavy atom. The van der Waals surface area contributed by atoms with Gasteiger partial charge in [-0.2, -0.15) is 0 Å². The average molecular weight is 276 g/mol. The maximum atomic E-state index is 12.1. The normalized spacial score (nSPS) is 20.1. The first-order valence-electron chi connectivity index (χ1n) is 6.97. The van der Waals surface area contributed by atoms with Crippen molar-refractivity contribution in [2.24, 2.45) is 0 Å². The van der Waals surface area contributed by atoms with Crippen LogP contribution < -0.4 is 10.6 Å². The van der Waals surface area contributed by atoms with E-state index in [9.17, 15) is 14.7 Å². The minimum absolute atomic E-state index is 0.215. The molecule has 0 saturated carbocycles. The Hall–Kier alpha value is -1.88. The summed E-state index contributed by atoms with van der Waals surface area (Å²) in [5, 5.41) is 15.0. The van der Waals surface area contributed by atoms with Gasteiger partial charge in [0, 0.05) is 6.42 Å². The summed E-state index contributed by atoms with van der Waals surface area (Å²) in [5.41, 5.74) is 0.900. The van der Waals surface area contributed by atoms with Gasteiger partial charge in [-0.3, -0.25) is 4.79 Å². The van der Waals surface area contributed by atoms with Crippen LogP contribution in [0.25, 0.3) is 0 Å². The van der Waals surface area contributed by atoms with E-state index in [1.165, 1.54) is 0 Å². The standard InChI is InChI=1S/C15H20N2O3/c18-14(12-8-4-5-9-16-12)17-13(15(19)20)10-11-6-2-1-3-7-11/h1-3,6-7,12-13,16H,4-5,8-10H2,(H,17,18)(H,19,20)/t12-,13+/m1/s1. The molecule has 3 N–H and O–H groups in total. The van der Waals surface area contributed by atoms with E-state index in [4.69, 9.17) is 0 Å². The fourth-order valence-corrected chi connectivity index (χ4v) is 2.40. The van der Waals surface area contributed by atoms with Crippen LogP contribution in [0, 0.1) is 0 Å². The van der Waals surface area contributed by atoms with Crippen LogP contribution >= 0.6 is 0 Å². The molecule has 0 bridgehead atoms. The largest absolute Gasteiger partial charge is 0.480 e. The zero-order valence-electron chi connectivity index (χ0n) is 11.3. The molecule has 1 aromatic rings. The first-order valence-corrected chi connectivity index (χ1v) is 6.97. The summed E-state index contributed by atoms with van der Waals surface area (Å²) in [7, 11) is 0. The number of benzene rings is 1. The van der Waals surface area contributed by atoms with Gasteiger partial charge in [-0.15, -0.1) is 0 Å². The summed E-state index contributed by atoms with van der Waals surface area (Å²) in [6.45, 7) is 0.814. The Morgan fingerprint density at radius 3 is 2.65 bits per heavy atom. The highest BCUT2D eigenvalue weighted by Gasteiger charge is 2.26. The van der Waals surface area contributed by atoms with Crippen molar-refractivity contribution >= 4 is 11.9 Å². The molecule has 1 amide bonds. The molecule has 5 heteroatoms. The summed E-state index contributed by atoms with van der Waals surface area (Å²) in [4.78, 5) is 23.4. The van der Waals surface area contributed by atoms with Gasteiger partial charge in [0.2, 0.25) is 5.91 Å². The maximum Gasteiger partial charge on any atom is 0.326 e. The quantitative estimate of drug-likeness (QED) is 0.748. The third kappa shape index (κ3) is 4.06. The van der Waals surface area contributed by atoms with Crippen molar-refractivity contribution in [3.63, 3.8) is 0 Å². The first kappa shape index (κ1) is 14.5. The highest BCUT2D eigenvalue weighted by Crippen LogP contribution is 2.08. The zero-order valence-corrected chi connectivity index (χ0v) is 11.3. The second-order valence-electron chi connectivity index (χ2n) is 5.09. The molecule has 0 unspecified atom stereocenters. The molecule has 2 rings (SSSR count). The fourth-order valence-electron chi connectivity index (χ4n) is 2.40. The van der Waals surface area contributed by atoms with E-state index in [0.29, 0.717) is 6.42 Å². The highest BCUT2D eigenvalue weighted by molar-refractivity contribution is 5.87. The minimum Gasteiger partial charge on any atom is -0.480 e. The number of hydrogen-bond donors (Lipinski definition) is 3. The van der Waals surface area contributed by atoms with Gasteiger partial charge >= 0.3 is 5.97 Å². The van der Waals surface area contributed by atoms with Crippen molar-refractivity contribution in [2.75, 3.05) is 6.54 Å². The third-order valence-electron chi connectivity index (χ3n) is 3.52. The number of carboxylic acids is 1. The highest BCUT2D eigenvalue weighted by atomic mass is 16.4. The second kappa shape index (κ2) is 7.05. The molecule has 20 heavy (non-hydrogen) atoms. The van der Waals surface area contributed by atoms with Gasteiger partial charge in [0.25, 0.3) is 0 Å². The van der Waals surface area contributed by atoms with Crippen molar-refractivity contribution in [3.05, 3.63) is 35.9 Å². The Labute approximate surface area is 118 Å². The zero-order chi connectivity index (χ0) is 14.4. The van der Waals surface area contributed by atoms with Gasteiger partial charge in [-0.1, -0.05) is 36.8 Å². The topological polar surface area (TPSA) is 78.4 Å². The van der Waals surface area contributed by atoms with Crippen molar-refractivity contribution < 1.29 is 14.7 Å². The fraction of sp³-hybridized carbons (Fsp3) is 0.467. The van der Waals surface area contributed by atoms with Crippen molar-refractivity contribution in [2.45, 2.75) is 37.8 Å². The Kier molecular flexibility index (Phi) is 5.12. The van der Waals surface area contributed by atoms with Crippen LogP contribution in [-0.2, 0) is 16.0 Å². The minimum atomic E-state index is -1.00. The summed E-state index contributed by atoms with van der Waals surface area (Å²) in [6, 6.07) is 8.18. The molecule has 0 spiro atoms. The van der Waals surface area contributed by atoms with Crippen LogP contribution in [0.15, 0.2) is 30.3 Å². The predicted molar refractivity (Wildman–Crippen MR) is 75.4 cm³/mol. The van der Waals surface area contributed by atoms with E-state index in [2.05, 4.69) is 10.6 Å². The lowest BCUT2D eigenvalue weighted by Gasteiger charge is -2.24. The molecule has 2 atom stereocenters. The lowest BCUT2D eigenvalue weighted by Crippen LogP contribution is -2.52. The molecule has 1 heterocycles. The molecule has 1 saturated heterocycles. The number of rotatable bonds is 5. The molecule has 1 aliphatic rings. The molecule has 1 fully saturated rings. The Morgan fingerprint density at radius 1 is 1.30 bits per heavy atom. The SMILES string of the molecule is O=C(O)[C@H](Cc1ccccc1)NC(=O)[C@H]1CCCCN1. The number of hydrogen-bond acceptors (Lipinski definition) is 3. The number of nitrogens with one attached hydrogen (secondary N) is 2. The Bertz CT molecular complexity index is 455. The summed E-state index contributed by atoms with van der Waals surface area (Å²) in [6.07, 6.45) is 3.13. The molecule has 1 aliphatic heterocycles. The predicted octanol–water partition coefficient (Wildman–Crippen LogP) is 0.941. The average Bonchev–Trinajstić information content (AvgIpc) is 2.48. The van der Waals surface area contributed by atoms with E-state index >= 15 is 0 Å². The van der Waals surface area contributed by atoms with E-state index in [-0.39, 0.29) is 11.9 Å².